The average Bonchev–Trinajstić information content (AvgIpc) is 2.58. The van der Waals surface area contributed by atoms with Gasteiger partial charge in [0.1, 0.15) is 4.47 Å². The third-order valence-corrected chi connectivity index (χ3v) is 5.95. The average molecular weight is 297 g/mol. The summed E-state index contributed by atoms with van der Waals surface area (Å²) >= 11 is 3.56. The van der Waals surface area contributed by atoms with Crippen LogP contribution in [0.15, 0.2) is 9.00 Å². The number of hydrogen-bond donors (Lipinski definition) is 1. The Morgan fingerprint density at radius 1 is 1.12 bits per heavy atom. The van der Waals surface area contributed by atoms with E-state index in [9.17, 15) is 0 Å². The monoisotopic (exact) mass is 296 g/mol. The SMILES string of the molecule is Nc1noc(C23CC4CC(CC(C4)C2)C3)c1Br. The lowest BCUT2D eigenvalue weighted by Gasteiger charge is -2.55. The Labute approximate surface area is 109 Å². The van der Waals surface area contributed by atoms with Crippen molar-refractivity contribution in [3.05, 3.63) is 10.2 Å². The third kappa shape index (κ3) is 1.36. The summed E-state index contributed by atoms with van der Waals surface area (Å²) in [6, 6.07) is 0. The Morgan fingerprint density at radius 2 is 1.65 bits per heavy atom. The molecule has 1 aromatic heterocycles. The molecular formula is C13H17BrN2O. The molecule has 3 nitrogen and oxygen atoms in total. The smallest absolute Gasteiger partial charge is 0.181 e. The number of aromatic nitrogens is 1. The number of nitrogens with two attached hydrogens (primary N) is 1. The largest absolute Gasteiger partial charge is 0.380 e. The van der Waals surface area contributed by atoms with Crippen molar-refractivity contribution >= 4 is 21.7 Å². The van der Waals surface area contributed by atoms with Crippen LogP contribution in [0.4, 0.5) is 5.82 Å². The molecule has 0 atom stereocenters. The lowest BCUT2D eigenvalue weighted by Crippen LogP contribution is -2.48. The zero-order valence-corrected chi connectivity index (χ0v) is 11.4. The molecular weight excluding hydrogens is 280 g/mol. The van der Waals surface area contributed by atoms with Crippen LogP contribution in [0.2, 0.25) is 0 Å². The van der Waals surface area contributed by atoms with E-state index in [-0.39, 0.29) is 5.41 Å². The Bertz CT molecular complexity index is 433. The first-order valence-electron chi connectivity index (χ1n) is 6.57. The summed E-state index contributed by atoms with van der Waals surface area (Å²) in [6.07, 6.45) is 8.19. The molecule has 4 aliphatic rings. The van der Waals surface area contributed by atoms with Gasteiger partial charge in [0, 0.05) is 5.41 Å². The van der Waals surface area contributed by atoms with Crippen LogP contribution in [0.1, 0.15) is 44.3 Å². The second-order valence-corrected chi connectivity index (χ2v) is 7.20. The summed E-state index contributed by atoms with van der Waals surface area (Å²) in [6.45, 7) is 0. The second kappa shape index (κ2) is 3.28. The van der Waals surface area contributed by atoms with Crippen LogP contribution in [-0.2, 0) is 5.41 Å². The topological polar surface area (TPSA) is 52.0 Å². The molecule has 4 bridgehead atoms. The van der Waals surface area contributed by atoms with Crippen molar-refractivity contribution in [2.24, 2.45) is 17.8 Å². The van der Waals surface area contributed by atoms with E-state index in [2.05, 4.69) is 21.1 Å². The lowest BCUT2D eigenvalue weighted by atomic mass is 9.49. The van der Waals surface area contributed by atoms with Crippen LogP contribution in [0, 0.1) is 17.8 Å². The van der Waals surface area contributed by atoms with Gasteiger partial charge in [0.2, 0.25) is 0 Å². The van der Waals surface area contributed by atoms with Gasteiger partial charge in [-0.05, 0) is 72.2 Å². The summed E-state index contributed by atoms with van der Waals surface area (Å²) in [5.74, 6) is 4.29. The molecule has 4 aliphatic carbocycles. The molecule has 17 heavy (non-hydrogen) atoms. The van der Waals surface area contributed by atoms with Gasteiger partial charge in [-0.15, -0.1) is 0 Å². The molecule has 2 N–H and O–H groups in total. The zero-order valence-electron chi connectivity index (χ0n) is 9.79. The number of halogens is 1. The minimum absolute atomic E-state index is 0.248. The molecule has 0 unspecified atom stereocenters. The summed E-state index contributed by atoms with van der Waals surface area (Å²) in [4.78, 5) is 0. The molecule has 0 spiro atoms. The van der Waals surface area contributed by atoms with Crippen LogP contribution >= 0.6 is 15.9 Å². The molecule has 0 amide bonds. The first kappa shape index (κ1) is 10.4. The molecule has 4 heteroatoms. The van der Waals surface area contributed by atoms with Crippen LogP contribution < -0.4 is 5.73 Å². The maximum atomic E-state index is 5.81. The zero-order chi connectivity index (χ0) is 11.6. The van der Waals surface area contributed by atoms with E-state index in [1.54, 1.807) is 0 Å². The van der Waals surface area contributed by atoms with Crippen LogP contribution in [0.3, 0.4) is 0 Å². The van der Waals surface area contributed by atoms with E-state index in [1.165, 1.54) is 38.5 Å². The van der Waals surface area contributed by atoms with Gasteiger partial charge in [-0.2, -0.15) is 0 Å². The maximum absolute atomic E-state index is 5.81. The third-order valence-electron chi connectivity index (χ3n) is 5.18. The molecule has 0 aromatic carbocycles. The fourth-order valence-electron chi connectivity index (χ4n) is 5.01. The number of nitrogen functional groups attached to an aromatic ring is 1. The predicted molar refractivity (Wildman–Crippen MR) is 68.5 cm³/mol. The Kier molecular flexibility index (Phi) is 2.01. The van der Waals surface area contributed by atoms with Gasteiger partial charge in [-0.25, -0.2) is 0 Å². The summed E-state index contributed by atoms with van der Waals surface area (Å²) in [5, 5.41) is 3.93. The minimum atomic E-state index is 0.248. The van der Waals surface area contributed by atoms with Crippen LogP contribution in [0.25, 0.3) is 0 Å². The molecule has 0 radical (unpaired) electrons. The van der Waals surface area contributed by atoms with E-state index < -0.39 is 0 Å². The van der Waals surface area contributed by atoms with E-state index in [1.807, 2.05) is 0 Å². The van der Waals surface area contributed by atoms with Gasteiger partial charge < -0.3 is 10.3 Å². The van der Waals surface area contributed by atoms with Crippen molar-refractivity contribution in [3.8, 4) is 0 Å². The van der Waals surface area contributed by atoms with Crippen molar-refractivity contribution < 1.29 is 4.52 Å². The first-order chi connectivity index (χ1) is 8.16. The number of nitrogens with zero attached hydrogens (tertiary/aromatic N) is 1. The highest BCUT2D eigenvalue weighted by Crippen LogP contribution is 2.61. The van der Waals surface area contributed by atoms with Crippen molar-refractivity contribution in [3.63, 3.8) is 0 Å². The maximum Gasteiger partial charge on any atom is 0.181 e. The summed E-state index contributed by atoms with van der Waals surface area (Å²) < 4.78 is 6.47. The van der Waals surface area contributed by atoms with E-state index in [0.717, 1.165) is 28.0 Å². The molecule has 0 aliphatic heterocycles. The van der Waals surface area contributed by atoms with E-state index >= 15 is 0 Å². The Morgan fingerprint density at radius 3 is 2.06 bits per heavy atom. The Balaban J connectivity index is 1.80. The fraction of sp³-hybridized carbons (Fsp3) is 0.769. The fourth-order valence-corrected chi connectivity index (χ4v) is 5.57. The standard InChI is InChI=1S/C13H17BrN2O/c14-10-11(17-16-12(10)15)13-4-7-1-8(5-13)3-9(2-7)6-13/h7-9H,1-6H2,(H2,15,16). The van der Waals surface area contributed by atoms with Gasteiger partial charge in [0.15, 0.2) is 11.6 Å². The number of rotatable bonds is 1. The van der Waals surface area contributed by atoms with Gasteiger partial charge in [-0.1, -0.05) is 5.16 Å². The second-order valence-electron chi connectivity index (χ2n) is 6.41. The quantitative estimate of drug-likeness (QED) is 0.863. The molecule has 1 aromatic rings. The van der Waals surface area contributed by atoms with Crippen LogP contribution in [0.5, 0.6) is 0 Å². The minimum Gasteiger partial charge on any atom is -0.380 e. The summed E-state index contributed by atoms with van der Waals surface area (Å²) in [5.41, 5.74) is 6.06. The van der Waals surface area contributed by atoms with E-state index in [4.69, 9.17) is 10.3 Å². The highest BCUT2D eigenvalue weighted by Gasteiger charge is 2.54. The normalized spacial score (nSPS) is 43.2. The molecule has 5 rings (SSSR count). The molecule has 4 saturated carbocycles. The van der Waals surface area contributed by atoms with Crippen LogP contribution in [-0.4, -0.2) is 5.16 Å². The van der Waals surface area contributed by atoms with Gasteiger partial charge >= 0.3 is 0 Å². The number of anilines is 1. The highest BCUT2D eigenvalue weighted by molar-refractivity contribution is 9.10. The number of hydrogen-bond acceptors (Lipinski definition) is 3. The highest BCUT2D eigenvalue weighted by atomic mass is 79.9. The van der Waals surface area contributed by atoms with Gasteiger partial charge in [-0.3, -0.25) is 0 Å². The van der Waals surface area contributed by atoms with Crippen molar-refractivity contribution in [1.29, 1.82) is 0 Å². The molecule has 1 heterocycles. The van der Waals surface area contributed by atoms with Gasteiger partial charge in [0.05, 0.1) is 0 Å². The van der Waals surface area contributed by atoms with Crippen molar-refractivity contribution in [2.45, 2.75) is 43.9 Å². The summed E-state index contributed by atoms with van der Waals surface area (Å²) in [7, 11) is 0. The molecule has 0 saturated heterocycles. The van der Waals surface area contributed by atoms with Crippen molar-refractivity contribution in [1.82, 2.24) is 5.16 Å². The lowest BCUT2D eigenvalue weighted by molar-refractivity contribution is -0.0179. The van der Waals surface area contributed by atoms with E-state index in [0.29, 0.717) is 5.82 Å². The molecule has 4 fully saturated rings. The Hall–Kier alpha value is -0.510. The molecule has 92 valence electrons. The van der Waals surface area contributed by atoms with Crippen molar-refractivity contribution in [2.75, 3.05) is 5.73 Å². The predicted octanol–water partition coefficient (Wildman–Crippen LogP) is 3.49. The van der Waals surface area contributed by atoms with Gasteiger partial charge in [0.25, 0.3) is 0 Å². The first-order valence-corrected chi connectivity index (χ1v) is 7.37.